The highest BCUT2D eigenvalue weighted by Crippen LogP contribution is 2.31. The number of H-pyrrole nitrogens is 1. The summed E-state index contributed by atoms with van der Waals surface area (Å²) in [6, 6.07) is 0. The van der Waals surface area contributed by atoms with Crippen LogP contribution in [0.2, 0.25) is 0 Å². The zero-order valence-electron chi connectivity index (χ0n) is 9.79. The van der Waals surface area contributed by atoms with Crippen LogP contribution >= 0.6 is 0 Å². The summed E-state index contributed by atoms with van der Waals surface area (Å²) in [5.41, 5.74) is 0. The summed E-state index contributed by atoms with van der Waals surface area (Å²) in [4.78, 5) is 4.64. The predicted molar refractivity (Wildman–Crippen MR) is 60.9 cm³/mol. The Kier molecular flexibility index (Phi) is 3.39. The quantitative estimate of drug-likeness (QED) is 0.825. The minimum atomic E-state index is 0.485. The molecule has 1 aromatic heterocycles. The lowest BCUT2D eigenvalue weighted by molar-refractivity contribution is 0.429. The van der Waals surface area contributed by atoms with Gasteiger partial charge in [0.15, 0.2) is 5.82 Å². The van der Waals surface area contributed by atoms with E-state index in [1.54, 1.807) is 0 Å². The topological polar surface area (TPSA) is 41.6 Å². The molecule has 1 N–H and O–H groups in total. The van der Waals surface area contributed by atoms with Crippen LogP contribution in [-0.4, -0.2) is 15.2 Å². The number of hydrogen-bond acceptors (Lipinski definition) is 2. The molecule has 1 fully saturated rings. The average Bonchev–Trinajstić information content (AvgIpc) is 2.78. The van der Waals surface area contributed by atoms with Crippen LogP contribution in [0.3, 0.4) is 0 Å². The molecule has 1 saturated carbocycles. The minimum absolute atomic E-state index is 0.485. The molecule has 1 aliphatic carbocycles. The molecule has 84 valence electrons. The zero-order chi connectivity index (χ0) is 10.7. The number of aromatic nitrogens is 3. The van der Waals surface area contributed by atoms with Crippen molar-refractivity contribution in [2.75, 3.05) is 0 Å². The van der Waals surface area contributed by atoms with E-state index in [0.717, 1.165) is 18.1 Å². The largest absolute Gasteiger partial charge is 0.263 e. The van der Waals surface area contributed by atoms with Gasteiger partial charge >= 0.3 is 0 Å². The molecule has 0 saturated heterocycles. The second-order valence-corrected chi connectivity index (χ2v) is 4.72. The maximum absolute atomic E-state index is 4.64. The van der Waals surface area contributed by atoms with Crippen LogP contribution in [0.25, 0.3) is 0 Å². The molecule has 0 aromatic carbocycles. The lowest BCUT2D eigenvalue weighted by Crippen LogP contribution is -2.06. The van der Waals surface area contributed by atoms with Crippen molar-refractivity contribution < 1.29 is 0 Å². The summed E-state index contributed by atoms with van der Waals surface area (Å²) in [7, 11) is 0. The van der Waals surface area contributed by atoms with Gasteiger partial charge in [0.1, 0.15) is 5.82 Å². The Labute approximate surface area is 91.7 Å². The van der Waals surface area contributed by atoms with Crippen molar-refractivity contribution in [1.29, 1.82) is 0 Å². The van der Waals surface area contributed by atoms with Gasteiger partial charge in [-0.25, -0.2) is 4.98 Å². The summed E-state index contributed by atoms with van der Waals surface area (Å²) in [5, 5.41) is 7.46. The summed E-state index contributed by atoms with van der Waals surface area (Å²) in [6.45, 7) is 4.37. The molecule has 2 rings (SSSR count). The molecule has 0 aliphatic heterocycles. The summed E-state index contributed by atoms with van der Waals surface area (Å²) < 4.78 is 0. The Morgan fingerprint density at radius 2 is 2.07 bits per heavy atom. The third-order valence-corrected chi connectivity index (χ3v) is 3.57. The number of rotatable bonds is 3. The highest BCUT2D eigenvalue weighted by molar-refractivity contribution is 5.01. The molecule has 1 unspecified atom stereocenters. The summed E-state index contributed by atoms with van der Waals surface area (Å²) in [6.07, 6.45) is 7.78. The maximum Gasteiger partial charge on any atom is 0.153 e. The van der Waals surface area contributed by atoms with Crippen LogP contribution in [0.15, 0.2) is 0 Å². The van der Waals surface area contributed by atoms with E-state index in [2.05, 4.69) is 29.0 Å². The van der Waals surface area contributed by atoms with Gasteiger partial charge in [0.2, 0.25) is 0 Å². The van der Waals surface area contributed by atoms with Gasteiger partial charge in [0, 0.05) is 11.8 Å². The molecule has 0 spiro atoms. The molecule has 1 heterocycles. The molecule has 15 heavy (non-hydrogen) atoms. The summed E-state index contributed by atoms with van der Waals surface area (Å²) >= 11 is 0. The van der Waals surface area contributed by atoms with Crippen molar-refractivity contribution in [3.05, 3.63) is 11.6 Å². The number of nitrogens with one attached hydrogen (secondary N) is 1. The zero-order valence-corrected chi connectivity index (χ0v) is 9.79. The lowest BCUT2D eigenvalue weighted by Gasteiger charge is -2.18. The van der Waals surface area contributed by atoms with E-state index in [0.29, 0.717) is 11.8 Å². The number of aromatic amines is 1. The third-order valence-electron chi connectivity index (χ3n) is 3.57. The standard InChI is InChI=1S/C12H21N3/c1-3-9(2)11-13-12(15-14-11)10-7-5-4-6-8-10/h9-10H,3-8H2,1-2H3,(H,13,14,15). The van der Waals surface area contributed by atoms with Gasteiger partial charge in [-0.05, 0) is 19.3 Å². The molecule has 1 atom stereocenters. The minimum Gasteiger partial charge on any atom is -0.263 e. The van der Waals surface area contributed by atoms with E-state index < -0.39 is 0 Å². The Morgan fingerprint density at radius 3 is 2.73 bits per heavy atom. The Hall–Kier alpha value is -0.860. The van der Waals surface area contributed by atoms with Crippen LogP contribution in [0, 0.1) is 0 Å². The Bertz CT molecular complexity index is 300. The van der Waals surface area contributed by atoms with Crippen LogP contribution in [0.5, 0.6) is 0 Å². The van der Waals surface area contributed by atoms with Gasteiger partial charge in [0.25, 0.3) is 0 Å². The van der Waals surface area contributed by atoms with Crippen molar-refractivity contribution in [3.63, 3.8) is 0 Å². The highest BCUT2D eigenvalue weighted by Gasteiger charge is 2.20. The smallest absolute Gasteiger partial charge is 0.153 e. The monoisotopic (exact) mass is 207 g/mol. The lowest BCUT2D eigenvalue weighted by atomic mass is 9.89. The van der Waals surface area contributed by atoms with E-state index >= 15 is 0 Å². The van der Waals surface area contributed by atoms with Gasteiger partial charge in [-0.15, -0.1) is 0 Å². The van der Waals surface area contributed by atoms with E-state index in [9.17, 15) is 0 Å². The van der Waals surface area contributed by atoms with Crippen LogP contribution in [-0.2, 0) is 0 Å². The second-order valence-electron chi connectivity index (χ2n) is 4.72. The van der Waals surface area contributed by atoms with E-state index in [4.69, 9.17) is 0 Å². The summed E-state index contributed by atoms with van der Waals surface area (Å²) in [5.74, 6) is 3.26. The molecule has 1 aromatic rings. The van der Waals surface area contributed by atoms with Crippen molar-refractivity contribution in [2.45, 2.75) is 64.2 Å². The predicted octanol–water partition coefficient (Wildman–Crippen LogP) is 3.37. The first-order chi connectivity index (χ1) is 7.31. The first kappa shape index (κ1) is 10.7. The number of nitrogens with zero attached hydrogens (tertiary/aromatic N) is 2. The first-order valence-corrected chi connectivity index (χ1v) is 6.23. The third kappa shape index (κ3) is 2.39. The Morgan fingerprint density at radius 1 is 1.33 bits per heavy atom. The number of hydrogen-bond donors (Lipinski definition) is 1. The van der Waals surface area contributed by atoms with Gasteiger partial charge in [-0.1, -0.05) is 33.1 Å². The molecule has 0 radical (unpaired) electrons. The van der Waals surface area contributed by atoms with E-state index in [1.165, 1.54) is 32.1 Å². The van der Waals surface area contributed by atoms with Crippen molar-refractivity contribution in [2.24, 2.45) is 0 Å². The van der Waals surface area contributed by atoms with Gasteiger partial charge < -0.3 is 0 Å². The molecule has 0 bridgehead atoms. The van der Waals surface area contributed by atoms with Crippen LogP contribution in [0.1, 0.15) is 75.9 Å². The van der Waals surface area contributed by atoms with Crippen molar-refractivity contribution in [3.8, 4) is 0 Å². The first-order valence-electron chi connectivity index (χ1n) is 6.23. The fourth-order valence-corrected chi connectivity index (χ4v) is 2.25. The highest BCUT2D eigenvalue weighted by atomic mass is 15.2. The van der Waals surface area contributed by atoms with Crippen molar-refractivity contribution in [1.82, 2.24) is 15.2 Å². The fourth-order valence-electron chi connectivity index (χ4n) is 2.25. The normalized spacial score (nSPS) is 20.4. The second kappa shape index (κ2) is 4.77. The van der Waals surface area contributed by atoms with E-state index in [1.807, 2.05) is 0 Å². The van der Waals surface area contributed by atoms with Crippen LogP contribution < -0.4 is 0 Å². The van der Waals surface area contributed by atoms with Gasteiger partial charge in [0.05, 0.1) is 0 Å². The molecule has 1 aliphatic rings. The van der Waals surface area contributed by atoms with Crippen molar-refractivity contribution >= 4 is 0 Å². The van der Waals surface area contributed by atoms with Gasteiger partial charge in [-0.3, -0.25) is 5.10 Å². The fraction of sp³-hybridized carbons (Fsp3) is 0.833. The molecular formula is C12H21N3. The molecule has 3 heteroatoms. The average molecular weight is 207 g/mol. The maximum atomic E-state index is 4.64. The SMILES string of the molecule is CCC(C)c1n[nH]c(C2CCCCC2)n1. The van der Waals surface area contributed by atoms with Gasteiger partial charge in [-0.2, -0.15) is 5.10 Å². The molecule has 0 amide bonds. The Balaban J connectivity index is 2.05. The molecule has 3 nitrogen and oxygen atoms in total. The van der Waals surface area contributed by atoms with E-state index in [-0.39, 0.29) is 0 Å². The molecular weight excluding hydrogens is 186 g/mol. The van der Waals surface area contributed by atoms with Crippen LogP contribution in [0.4, 0.5) is 0 Å².